The van der Waals surface area contributed by atoms with Crippen LogP contribution < -0.4 is 14.8 Å². The van der Waals surface area contributed by atoms with Gasteiger partial charge >= 0.3 is 0 Å². The van der Waals surface area contributed by atoms with Crippen molar-refractivity contribution in [2.24, 2.45) is 0 Å². The number of carbonyl (C=O) groups excluding carboxylic acids is 1. The van der Waals surface area contributed by atoms with Gasteiger partial charge in [-0.25, -0.2) is 4.98 Å². The van der Waals surface area contributed by atoms with E-state index in [0.29, 0.717) is 13.2 Å². The quantitative estimate of drug-likeness (QED) is 0.660. The summed E-state index contributed by atoms with van der Waals surface area (Å²) in [5.74, 6) is 1.55. The SMILES string of the molecule is COc1ccc(CNC(=O)Cc2csc(COc3ccccc3)n2)cc1. The van der Waals surface area contributed by atoms with Gasteiger partial charge in [-0.05, 0) is 29.8 Å². The van der Waals surface area contributed by atoms with Crippen molar-refractivity contribution in [2.75, 3.05) is 7.11 Å². The molecular weight excluding hydrogens is 348 g/mol. The van der Waals surface area contributed by atoms with Crippen LogP contribution in [0.15, 0.2) is 60.0 Å². The zero-order valence-corrected chi connectivity index (χ0v) is 15.3. The zero-order valence-electron chi connectivity index (χ0n) is 14.5. The van der Waals surface area contributed by atoms with Crippen LogP contribution in [0.2, 0.25) is 0 Å². The third kappa shape index (κ3) is 5.32. The number of rotatable bonds is 8. The molecule has 0 aliphatic carbocycles. The highest BCUT2D eigenvalue weighted by atomic mass is 32.1. The van der Waals surface area contributed by atoms with Crippen LogP contribution in [-0.2, 0) is 24.4 Å². The van der Waals surface area contributed by atoms with Gasteiger partial charge in [0, 0.05) is 11.9 Å². The van der Waals surface area contributed by atoms with Crippen molar-refractivity contribution in [2.45, 2.75) is 19.6 Å². The Balaban J connectivity index is 1.44. The Hall–Kier alpha value is -2.86. The fraction of sp³-hybridized carbons (Fsp3) is 0.200. The van der Waals surface area contributed by atoms with Crippen LogP contribution in [0.25, 0.3) is 0 Å². The van der Waals surface area contributed by atoms with E-state index >= 15 is 0 Å². The number of methoxy groups -OCH3 is 1. The maximum atomic E-state index is 12.1. The van der Waals surface area contributed by atoms with E-state index < -0.39 is 0 Å². The smallest absolute Gasteiger partial charge is 0.226 e. The minimum absolute atomic E-state index is 0.0540. The molecule has 0 saturated heterocycles. The zero-order chi connectivity index (χ0) is 18.2. The first-order valence-electron chi connectivity index (χ1n) is 8.23. The number of nitrogens with zero attached hydrogens (tertiary/aromatic N) is 1. The lowest BCUT2D eigenvalue weighted by Gasteiger charge is -2.05. The molecule has 0 fully saturated rings. The van der Waals surface area contributed by atoms with Gasteiger partial charge in [-0.1, -0.05) is 30.3 Å². The normalized spacial score (nSPS) is 10.3. The molecule has 0 aliphatic rings. The van der Waals surface area contributed by atoms with Gasteiger partial charge in [0.15, 0.2) is 0 Å². The molecule has 3 aromatic rings. The molecule has 1 heterocycles. The summed E-state index contributed by atoms with van der Waals surface area (Å²) in [7, 11) is 1.63. The maximum absolute atomic E-state index is 12.1. The van der Waals surface area contributed by atoms with E-state index in [4.69, 9.17) is 9.47 Å². The van der Waals surface area contributed by atoms with Crippen molar-refractivity contribution >= 4 is 17.2 Å². The van der Waals surface area contributed by atoms with Crippen molar-refractivity contribution in [3.05, 3.63) is 76.2 Å². The molecule has 0 aliphatic heterocycles. The third-order valence-electron chi connectivity index (χ3n) is 3.70. The topological polar surface area (TPSA) is 60.5 Å². The standard InChI is InChI=1S/C20H20N2O3S/c1-24-17-9-7-15(8-10-17)12-21-19(23)11-16-14-26-20(22-16)13-25-18-5-3-2-4-6-18/h2-10,14H,11-13H2,1H3,(H,21,23). The summed E-state index contributed by atoms with van der Waals surface area (Å²) in [6, 6.07) is 17.2. The number of hydrogen-bond acceptors (Lipinski definition) is 5. The highest BCUT2D eigenvalue weighted by molar-refractivity contribution is 7.09. The van der Waals surface area contributed by atoms with Gasteiger partial charge in [0.05, 0.1) is 19.2 Å². The molecule has 0 spiro atoms. The molecule has 26 heavy (non-hydrogen) atoms. The first kappa shape index (κ1) is 17.9. The van der Waals surface area contributed by atoms with E-state index in [9.17, 15) is 4.79 Å². The first-order valence-corrected chi connectivity index (χ1v) is 9.11. The van der Waals surface area contributed by atoms with Crippen LogP contribution >= 0.6 is 11.3 Å². The van der Waals surface area contributed by atoms with E-state index in [1.165, 1.54) is 11.3 Å². The monoisotopic (exact) mass is 368 g/mol. The number of thiazole rings is 1. The van der Waals surface area contributed by atoms with Crippen LogP contribution in [0.1, 0.15) is 16.3 Å². The Kier molecular flexibility index (Phi) is 6.22. The van der Waals surface area contributed by atoms with E-state index in [1.54, 1.807) is 7.11 Å². The van der Waals surface area contributed by atoms with Crippen LogP contribution in [0, 0.1) is 0 Å². The van der Waals surface area contributed by atoms with Gasteiger partial charge in [-0.3, -0.25) is 4.79 Å². The summed E-state index contributed by atoms with van der Waals surface area (Å²) >= 11 is 1.50. The molecule has 0 radical (unpaired) electrons. The Morgan fingerprint density at radius 3 is 2.58 bits per heavy atom. The van der Waals surface area contributed by atoms with Crippen LogP contribution in [0.3, 0.4) is 0 Å². The third-order valence-corrected chi connectivity index (χ3v) is 4.57. The van der Waals surface area contributed by atoms with Crippen molar-refractivity contribution in [1.82, 2.24) is 10.3 Å². The summed E-state index contributed by atoms with van der Waals surface area (Å²) in [6.07, 6.45) is 0.262. The van der Waals surface area contributed by atoms with Gasteiger partial charge in [0.2, 0.25) is 5.91 Å². The van der Waals surface area contributed by atoms with Gasteiger partial charge in [-0.2, -0.15) is 0 Å². The number of nitrogens with one attached hydrogen (secondary N) is 1. The second-order valence-electron chi connectivity index (χ2n) is 5.64. The number of amides is 1. The summed E-state index contributed by atoms with van der Waals surface area (Å²) in [4.78, 5) is 16.6. The average molecular weight is 368 g/mol. The molecule has 1 N–H and O–H groups in total. The Labute approximate surface area is 156 Å². The molecular formula is C20H20N2O3S. The number of hydrogen-bond donors (Lipinski definition) is 1. The van der Waals surface area contributed by atoms with Crippen LogP contribution in [0.4, 0.5) is 0 Å². The van der Waals surface area contributed by atoms with Crippen LogP contribution in [-0.4, -0.2) is 18.0 Å². The largest absolute Gasteiger partial charge is 0.497 e. The average Bonchev–Trinajstić information content (AvgIpc) is 3.13. The lowest BCUT2D eigenvalue weighted by Crippen LogP contribution is -2.24. The van der Waals surface area contributed by atoms with Gasteiger partial charge in [-0.15, -0.1) is 11.3 Å². The van der Waals surface area contributed by atoms with Gasteiger partial charge < -0.3 is 14.8 Å². The summed E-state index contributed by atoms with van der Waals surface area (Å²) in [5, 5.41) is 5.66. The Bertz CT molecular complexity index is 832. The van der Waals surface area contributed by atoms with E-state index in [-0.39, 0.29) is 12.3 Å². The van der Waals surface area contributed by atoms with E-state index in [2.05, 4.69) is 10.3 Å². The highest BCUT2D eigenvalue weighted by Gasteiger charge is 2.08. The molecule has 1 aromatic heterocycles. The molecule has 134 valence electrons. The molecule has 0 bridgehead atoms. The van der Waals surface area contributed by atoms with Crippen molar-refractivity contribution in [1.29, 1.82) is 0 Å². The molecule has 1 amide bonds. The highest BCUT2D eigenvalue weighted by Crippen LogP contribution is 2.15. The lowest BCUT2D eigenvalue weighted by molar-refractivity contribution is -0.120. The van der Waals surface area contributed by atoms with Gasteiger partial charge in [0.25, 0.3) is 0 Å². The second kappa shape index (κ2) is 9.01. The summed E-state index contributed by atoms with van der Waals surface area (Å²) in [6.45, 7) is 0.888. The minimum atomic E-state index is -0.0540. The fourth-order valence-corrected chi connectivity index (χ4v) is 3.03. The van der Waals surface area contributed by atoms with Gasteiger partial charge in [0.1, 0.15) is 23.1 Å². The predicted octanol–water partition coefficient (Wildman–Crippen LogP) is 3.59. The number of para-hydroxylation sites is 1. The van der Waals surface area contributed by atoms with Crippen LogP contribution in [0.5, 0.6) is 11.5 Å². The van der Waals surface area contributed by atoms with Crippen molar-refractivity contribution < 1.29 is 14.3 Å². The first-order chi connectivity index (χ1) is 12.7. The molecule has 0 saturated carbocycles. The Morgan fingerprint density at radius 2 is 1.85 bits per heavy atom. The van der Waals surface area contributed by atoms with E-state index in [0.717, 1.165) is 27.8 Å². The predicted molar refractivity (Wildman–Crippen MR) is 101 cm³/mol. The number of benzene rings is 2. The number of carbonyl (C=O) groups is 1. The maximum Gasteiger partial charge on any atom is 0.226 e. The number of aromatic nitrogens is 1. The van der Waals surface area contributed by atoms with Crippen molar-refractivity contribution in [3.8, 4) is 11.5 Å². The molecule has 5 nitrogen and oxygen atoms in total. The Morgan fingerprint density at radius 1 is 1.08 bits per heavy atom. The molecule has 6 heteroatoms. The minimum Gasteiger partial charge on any atom is -0.497 e. The fourth-order valence-electron chi connectivity index (χ4n) is 2.33. The molecule has 3 rings (SSSR count). The summed E-state index contributed by atoms with van der Waals surface area (Å²) < 4.78 is 10.8. The van der Waals surface area contributed by atoms with E-state index in [1.807, 2.05) is 60.0 Å². The molecule has 0 atom stereocenters. The van der Waals surface area contributed by atoms with Crippen molar-refractivity contribution in [3.63, 3.8) is 0 Å². The lowest BCUT2D eigenvalue weighted by atomic mass is 10.2. The molecule has 0 unspecified atom stereocenters. The second-order valence-corrected chi connectivity index (χ2v) is 6.58. The summed E-state index contributed by atoms with van der Waals surface area (Å²) in [5.41, 5.74) is 1.78. The number of ether oxygens (including phenoxy) is 2. The molecule has 2 aromatic carbocycles.